The van der Waals surface area contributed by atoms with E-state index >= 15 is 0 Å². The SMILES string of the molecule is CCc1ccc(OCC(=O)Nc2cccc(N3CCN(CC4CC4)CC3)c2)cc1. The Kier molecular flexibility index (Phi) is 6.35. The highest BCUT2D eigenvalue weighted by molar-refractivity contribution is 5.92. The number of piperazine rings is 1. The van der Waals surface area contributed by atoms with Crippen molar-refractivity contribution < 1.29 is 9.53 Å². The number of carbonyl (C=O) groups is 1. The number of hydrogen-bond acceptors (Lipinski definition) is 4. The number of benzene rings is 2. The zero-order valence-corrected chi connectivity index (χ0v) is 17.3. The van der Waals surface area contributed by atoms with Crippen LogP contribution in [-0.4, -0.2) is 50.1 Å². The molecule has 2 aromatic carbocycles. The van der Waals surface area contributed by atoms with E-state index in [0.717, 1.165) is 50.0 Å². The number of hydrogen-bond donors (Lipinski definition) is 1. The molecule has 1 heterocycles. The zero-order valence-electron chi connectivity index (χ0n) is 17.3. The van der Waals surface area contributed by atoms with Gasteiger partial charge < -0.3 is 15.0 Å². The molecule has 1 saturated carbocycles. The molecule has 1 saturated heterocycles. The fourth-order valence-electron chi connectivity index (χ4n) is 3.80. The maximum atomic E-state index is 12.3. The Hall–Kier alpha value is -2.53. The summed E-state index contributed by atoms with van der Waals surface area (Å²) in [4.78, 5) is 17.3. The van der Waals surface area contributed by atoms with E-state index in [1.807, 2.05) is 36.4 Å². The minimum atomic E-state index is -0.143. The molecule has 1 aliphatic heterocycles. The van der Waals surface area contributed by atoms with Crippen molar-refractivity contribution >= 4 is 17.3 Å². The van der Waals surface area contributed by atoms with Crippen LogP contribution in [0.1, 0.15) is 25.3 Å². The summed E-state index contributed by atoms with van der Waals surface area (Å²) in [5, 5.41) is 2.96. The highest BCUT2D eigenvalue weighted by Gasteiger charge is 2.26. The predicted octanol–water partition coefficient (Wildman–Crippen LogP) is 3.80. The second kappa shape index (κ2) is 9.31. The molecule has 1 aliphatic carbocycles. The van der Waals surface area contributed by atoms with Crippen LogP contribution in [0.2, 0.25) is 0 Å². The van der Waals surface area contributed by atoms with Gasteiger partial charge in [-0.3, -0.25) is 9.69 Å². The summed E-state index contributed by atoms with van der Waals surface area (Å²) >= 11 is 0. The Labute approximate surface area is 173 Å². The smallest absolute Gasteiger partial charge is 0.262 e. The summed E-state index contributed by atoms with van der Waals surface area (Å²) in [5.74, 6) is 1.53. The van der Waals surface area contributed by atoms with Crippen molar-refractivity contribution in [3.63, 3.8) is 0 Å². The molecule has 0 unspecified atom stereocenters. The molecule has 2 aliphatic rings. The molecule has 1 amide bonds. The van der Waals surface area contributed by atoms with Crippen LogP contribution < -0.4 is 15.0 Å². The molecule has 154 valence electrons. The van der Waals surface area contributed by atoms with Crippen LogP contribution in [0, 0.1) is 5.92 Å². The first-order chi connectivity index (χ1) is 14.2. The van der Waals surface area contributed by atoms with E-state index < -0.39 is 0 Å². The van der Waals surface area contributed by atoms with Crippen molar-refractivity contribution in [2.45, 2.75) is 26.2 Å². The third kappa shape index (κ3) is 5.73. The highest BCUT2D eigenvalue weighted by atomic mass is 16.5. The van der Waals surface area contributed by atoms with Gasteiger partial charge in [-0.05, 0) is 61.1 Å². The van der Waals surface area contributed by atoms with Crippen LogP contribution in [0.5, 0.6) is 5.75 Å². The van der Waals surface area contributed by atoms with Crippen molar-refractivity contribution in [3.05, 3.63) is 54.1 Å². The second-order valence-corrected chi connectivity index (χ2v) is 8.12. The van der Waals surface area contributed by atoms with Crippen molar-refractivity contribution in [3.8, 4) is 5.75 Å². The summed E-state index contributed by atoms with van der Waals surface area (Å²) in [7, 11) is 0. The Morgan fingerprint density at radius 3 is 2.52 bits per heavy atom. The number of anilines is 2. The normalized spacial score (nSPS) is 17.2. The summed E-state index contributed by atoms with van der Waals surface area (Å²) in [5.41, 5.74) is 3.25. The quantitative estimate of drug-likeness (QED) is 0.741. The second-order valence-electron chi connectivity index (χ2n) is 8.12. The average Bonchev–Trinajstić information content (AvgIpc) is 3.57. The van der Waals surface area contributed by atoms with E-state index in [1.165, 1.54) is 30.6 Å². The summed E-state index contributed by atoms with van der Waals surface area (Å²) in [6.45, 7) is 7.73. The number of ether oxygens (including phenoxy) is 1. The van der Waals surface area contributed by atoms with Gasteiger partial charge in [-0.1, -0.05) is 25.1 Å². The van der Waals surface area contributed by atoms with E-state index in [0.29, 0.717) is 0 Å². The summed E-state index contributed by atoms with van der Waals surface area (Å²) < 4.78 is 5.61. The van der Waals surface area contributed by atoms with Crippen LogP contribution in [0.4, 0.5) is 11.4 Å². The molecule has 2 aromatic rings. The monoisotopic (exact) mass is 393 g/mol. The Bertz CT molecular complexity index is 809. The molecule has 0 aromatic heterocycles. The molecule has 0 bridgehead atoms. The van der Waals surface area contributed by atoms with Crippen molar-refractivity contribution in [1.29, 1.82) is 0 Å². The van der Waals surface area contributed by atoms with Crippen LogP contribution in [0.3, 0.4) is 0 Å². The van der Waals surface area contributed by atoms with Crippen molar-refractivity contribution in [2.75, 3.05) is 49.5 Å². The molecule has 1 N–H and O–H groups in total. The van der Waals surface area contributed by atoms with Crippen LogP contribution in [-0.2, 0) is 11.2 Å². The van der Waals surface area contributed by atoms with Gasteiger partial charge in [-0.25, -0.2) is 0 Å². The van der Waals surface area contributed by atoms with E-state index in [4.69, 9.17) is 4.74 Å². The predicted molar refractivity (Wildman–Crippen MR) is 118 cm³/mol. The van der Waals surface area contributed by atoms with Crippen molar-refractivity contribution in [1.82, 2.24) is 4.90 Å². The fourth-order valence-corrected chi connectivity index (χ4v) is 3.80. The first-order valence-corrected chi connectivity index (χ1v) is 10.8. The average molecular weight is 394 g/mol. The molecule has 4 rings (SSSR count). The summed E-state index contributed by atoms with van der Waals surface area (Å²) in [6, 6.07) is 16.0. The first kappa shape index (κ1) is 19.8. The lowest BCUT2D eigenvalue weighted by Gasteiger charge is -2.36. The van der Waals surface area contributed by atoms with Crippen molar-refractivity contribution in [2.24, 2.45) is 5.92 Å². The van der Waals surface area contributed by atoms with E-state index in [1.54, 1.807) is 0 Å². The molecule has 2 fully saturated rings. The highest BCUT2D eigenvalue weighted by Crippen LogP contribution is 2.30. The largest absolute Gasteiger partial charge is 0.484 e. The molecule has 0 atom stereocenters. The van der Waals surface area contributed by atoms with Crippen LogP contribution >= 0.6 is 0 Å². The number of amides is 1. The Balaban J connectivity index is 1.26. The van der Waals surface area contributed by atoms with Crippen LogP contribution in [0.25, 0.3) is 0 Å². The van der Waals surface area contributed by atoms with Gasteiger partial charge in [0.15, 0.2) is 6.61 Å². The molecule has 5 heteroatoms. The summed E-state index contributed by atoms with van der Waals surface area (Å²) in [6.07, 6.45) is 3.82. The molecule has 5 nitrogen and oxygen atoms in total. The third-order valence-electron chi connectivity index (χ3n) is 5.78. The Morgan fingerprint density at radius 2 is 1.83 bits per heavy atom. The van der Waals surface area contributed by atoms with Gasteiger partial charge in [0.1, 0.15) is 5.75 Å². The lowest BCUT2D eigenvalue weighted by atomic mass is 10.2. The number of aryl methyl sites for hydroxylation is 1. The molecular formula is C24H31N3O2. The minimum Gasteiger partial charge on any atom is -0.484 e. The maximum Gasteiger partial charge on any atom is 0.262 e. The number of carbonyl (C=O) groups excluding carboxylic acids is 1. The van der Waals surface area contributed by atoms with Gasteiger partial charge in [0, 0.05) is 44.1 Å². The van der Waals surface area contributed by atoms with Gasteiger partial charge in [-0.15, -0.1) is 0 Å². The maximum absolute atomic E-state index is 12.3. The van der Waals surface area contributed by atoms with Gasteiger partial charge in [0.2, 0.25) is 0 Å². The van der Waals surface area contributed by atoms with E-state index in [-0.39, 0.29) is 12.5 Å². The Morgan fingerprint density at radius 1 is 1.07 bits per heavy atom. The zero-order chi connectivity index (χ0) is 20.1. The molecule has 0 radical (unpaired) electrons. The topological polar surface area (TPSA) is 44.8 Å². The number of nitrogens with one attached hydrogen (secondary N) is 1. The number of rotatable bonds is 8. The molecule has 29 heavy (non-hydrogen) atoms. The standard InChI is InChI=1S/C24H31N3O2/c1-2-19-8-10-23(11-9-19)29-18-24(28)25-21-4-3-5-22(16-21)27-14-12-26(13-15-27)17-20-6-7-20/h3-5,8-11,16,20H,2,6-7,12-15,17-18H2,1H3,(H,25,28). The number of nitrogens with zero attached hydrogens (tertiary/aromatic N) is 2. The van der Waals surface area contributed by atoms with Crippen LogP contribution in [0.15, 0.2) is 48.5 Å². The van der Waals surface area contributed by atoms with Gasteiger partial charge in [0.25, 0.3) is 5.91 Å². The lowest BCUT2D eigenvalue weighted by molar-refractivity contribution is -0.118. The first-order valence-electron chi connectivity index (χ1n) is 10.8. The molecule has 0 spiro atoms. The van der Waals surface area contributed by atoms with Gasteiger partial charge in [-0.2, -0.15) is 0 Å². The van der Waals surface area contributed by atoms with Gasteiger partial charge in [0.05, 0.1) is 0 Å². The minimum absolute atomic E-state index is 0.00946. The lowest BCUT2D eigenvalue weighted by Crippen LogP contribution is -2.47. The molecular weight excluding hydrogens is 362 g/mol. The third-order valence-corrected chi connectivity index (χ3v) is 5.78. The fraction of sp³-hybridized carbons (Fsp3) is 0.458. The van der Waals surface area contributed by atoms with E-state index in [9.17, 15) is 4.79 Å². The van der Waals surface area contributed by atoms with E-state index in [2.05, 4.69) is 34.2 Å². The van der Waals surface area contributed by atoms with Gasteiger partial charge >= 0.3 is 0 Å².